The number of rotatable bonds is 1. The second-order valence-corrected chi connectivity index (χ2v) is 4.59. The maximum absolute atomic E-state index is 9.28. The molecule has 3 heteroatoms. The number of nitrogens with one attached hydrogen (secondary N) is 1. The van der Waals surface area contributed by atoms with E-state index in [0.29, 0.717) is 0 Å². The van der Waals surface area contributed by atoms with E-state index in [9.17, 15) is 5.26 Å². The third-order valence-corrected chi connectivity index (χ3v) is 3.43. The molecule has 94 valence electrons. The predicted octanol–water partition coefficient (Wildman–Crippen LogP) is 2.80. The van der Waals surface area contributed by atoms with Crippen LogP contribution in [0.25, 0.3) is 0 Å². The first-order valence-corrected chi connectivity index (χ1v) is 6.45. The minimum Gasteiger partial charge on any atom is -0.339 e. The lowest BCUT2D eigenvalue weighted by molar-refractivity contribution is 0.712. The van der Waals surface area contributed by atoms with Crippen LogP contribution in [0.3, 0.4) is 0 Å². The van der Waals surface area contributed by atoms with Crippen LogP contribution in [0, 0.1) is 11.3 Å². The quantitative estimate of drug-likeness (QED) is 0.844. The standard InChI is InChI=1S/C16H15N3/c17-11-13-5-1-3-7-15(13)19-10-9-18-12-14-6-2-4-8-16(14)19/h1-8,18H,9-10,12H2. The Morgan fingerprint density at radius 3 is 2.58 bits per heavy atom. The number of nitrogens with zero attached hydrogens (tertiary/aromatic N) is 2. The Kier molecular flexibility index (Phi) is 3.18. The van der Waals surface area contributed by atoms with Crippen LogP contribution >= 0.6 is 0 Å². The van der Waals surface area contributed by atoms with Gasteiger partial charge in [0, 0.05) is 25.3 Å². The van der Waals surface area contributed by atoms with E-state index in [1.807, 2.05) is 30.3 Å². The molecule has 3 nitrogen and oxygen atoms in total. The van der Waals surface area contributed by atoms with E-state index >= 15 is 0 Å². The van der Waals surface area contributed by atoms with Gasteiger partial charge in [0.25, 0.3) is 0 Å². The molecule has 19 heavy (non-hydrogen) atoms. The Morgan fingerprint density at radius 2 is 1.74 bits per heavy atom. The zero-order chi connectivity index (χ0) is 13.1. The number of hydrogen-bond acceptors (Lipinski definition) is 3. The van der Waals surface area contributed by atoms with E-state index in [2.05, 4.69) is 34.5 Å². The van der Waals surface area contributed by atoms with Gasteiger partial charge in [-0.05, 0) is 23.8 Å². The van der Waals surface area contributed by atoms with Gasteiger partial charge in [-0.25, -0.2) is 0 Å². The van der Waals surface area contributed by atoms with Gasteiger partial charge in [-0.15, -0.1) is 0 Å². The summed E-state index contributed by atoms with van der Waals surface area (Å²) in [7, 11) is 0. The van der Waals surface area contributed by atoms with E-state index in [4.69, 9.17) is 0 Å². The fourth-order valence-corrected chi connectivity index (χ4v) is 2.51. The Hall–Kier alpha value is -2.31. The Bertz CT molecular complexity index is 628. The van der Waals surface area contributed by atoms with E-state index in [0.717, 1.165) is 30.9 Å². The van der Waals surface area contributed by atoms with E-state index in [1.54, 1.807) is 0 Å². The molecule has 0 aromatic heterocycles. The highest BCUT2D eigenvalue weighted by molar-refractivity contribution is 5.71. The second-order valence-electron chi connectivity index (χ2n) is 4.59. The van der Waals surface area contributed by atoms with Crippen LogP contribution in [0.1, 0.15) is 11.1 Å². The molecule has 0 amide bonds. The van der Waals surface area contributed by atoms with Crippen LogP contribution in [0.5, 0.6) is 0 Å². The largest absolute Gasteiger partial charge is 0.339 e. The number of hydrogen-bond donors (Lipinski definition) is 1. The van der Waals surface area contributed by atoms with Crippen molar-refractivity contribution in [3.05, 3.63) is 59.7 Å². The molecule has 0 fully saturated rings. The number of anilines is 2. The topological polar surface area (TPSA) is 39.1 Å². The summed E-state index contributed by atoms with van der Waals surface area (Å²) in [6.45, 7) is 2.66. The first-order chi connectivity index (χ1) is 9.40. The molecule has 0 radical (unpaired) electrons. The van der Waals surface area contributed by atoms with Gasteiger partial charge in [-0.2, -0.15) is 5.26 Å². The van der Waals surface area contributed by atoms with Crippen molar-refractivity contribution in [3.8, 4) is 6.07 Å². The number of fused-ring (bicyclic) bond motifs is 1. The monoisotopic (exact) mass is 249 g/mol. The molecule has 1 heterocycles. The van der Waals surface area contributed by atoms with Gasteiger partial charge in [0.05, 0.1) is 11.3 Å². The fraction of sp³-hybridized carbons (Fsp3) is 0.188. The Balaban J connectivity index is 2.12. The summed E-state index contributed by atoms with van der Waals surface area (Å²) in [6.07, 6.45) is 0. The number of nitriles is 1. The molecule has 0 bridgehead atoms. The second kappa shape index (κ2) is 5.13. The van der Waals surface area contributed by atoms with Crippen molar-refractivity contribution in [2.75, 3.05) is 18.0 Å². The van der Waals surface area contributed by atoms with Gasteiger partial charge in [-0.3, -0.25) is 0 Å². The zero-order valence-corrected chi connectivity index (χ0v) is 10.6. The molecular formula is C16H15N3. The van der Waals surface area contributed by atoms with Gasteiger partial charge in [0.2, 0.25) is 0 Å². The lowest BCUT2D eigenvalue weighted by atomic mass is 10.1. The van der Waals surface area contributed by atoms with Gasteiger partial charge < -0.3 is 10.2 Å². The Labute approximate surface area is 113 Å². The van der Waals surface area contributed by atoms with Crippen LogP contribution in [0.15, 0.2) is 48.5 Å². The molecule has 1 aliphatic rings. The van der Waals surface area contributed by atoms with Crippen molar-refractivity contribution in [2.45, 2.75) is 6.54 Å². The molecule has 3 rings (SSSR count). The van der Waals surface area contributed by atoms with Crippen LogP contribution in [-0.4, -0.2) is 13.1 Å². The number of para-hydroxylation sites is 2. The van der Waals surface area contributed by atoms with Crippen LogP contribution in [0.4, 0.5) is 11.4 Å². The third kappa shape index (κ3) is 2.18. The van der Waals surface area contributed by atoms with E-state index in [-0.39, 0.29) is 0 Å². The summed E-state index contributed by atoms with van der Waals surface area (Å²) in [5.74, 6) is 0. The van der Waals surface area contributed by atoms with E-state index in [1.165, 1.54) is 11.3 Å². The van der Waals surface area contributed by atoms with Gasteiger partial charge in [-0.1, -0.05) is 30.3 Å². The summed E-state index contributed by atoms with van der Waals surface area (Å²) in [6, 6.07) is 18.4. The molecule has 0 saturated heterocycles. The molecule has 0 unspecified atom stereocenters. The molecule has 1 aliphatic heterocycles. The van der Waals surface area contributed by atoms with Gasteiger partial charge >= 0.3 is 0 Å². The van der Waals surface area contributed by atoms with Crippen molar-refractivity contribution >= 4 is 11.4 Å². The van der Waals surface area contributed by atoms with Crippen molar-refractivity contribution in [1.82, 2.24) is 5.32 Å². The van der Waals surface area contributed by atoms with Crippen molar-refractivity contribution < 1.29 is 0 Å². The molecule has 0 aliphatic carbocycles. The highest BCUT2D eigenvalue weighted by atomic mass is 15.2. The average Bonchev–Trinajstić information content (AvgIpc) is 2.69. The predicted molar refractivity (Wildman–Crippen MR) is 76.3 cm³/mol. The minimum atomic E-state index is 0.721. The van der Waals surface area contributed by atoms with Crippen LogP contribution in [-0.2, 0) is 6.54 Å². The van der Waals surface area contributed by atoms with Crippen molar-refractivity contribution in [3.63, 3.8) is 0 Å². The average molecular weight is 249 g/mol. The molecule has 2 aromatic carbocycles. The smallest absolute Gasteiger partial charge is 0.101 e. The molecular weight excluding hydrogens is 234 g/mol. The summed E-state index contributed by atoms with van der Waals surface area (Å²) in [5.41, 5.74) is 4.17. The first-order valence-electron chi connectivity index (χ1n) is 6.45. The fourth-order valence-electron chi connectivity index (χ4n) is 2.51. The van der Waals surface area contributed by atoms with Crippen LogP contribution in [0.2, 0.25) is 0 Å². The van der Waals surface area contributed by atoms with Crippen molar-refractivity contribution in [1.29, 1.82) is 5.26 Å². The number of benzene rings is 2. The summed E-state index contributed by atoms with van der Waals surface area (Å²) in [4.78, 5) is 2.23. The molecule has 2 aromatic rings. The molecule has 0 atom stereocenters. The lowest BCUT2D eigenvalue weighted by Crippen LogP contribution is -2.25. The van der Waals surface area contributed by atoms with E-state index < -0.39 is 0 Å². The normalized spacial score (nSPS) is 14.4. The van der Waals surface area contributed by atoms with Gasteiger partial charge in [0.1, 0.15) is 6.07 Å². The maximum atomic E-state index is 9.28. The van der Waals surface area contributed by atoms with Gasteiger partial charge in [0.15, 0.2) is 0 Å². The zero-order valence-electron chi connectivity index (χ0n) is 10.6. The third-order valence-electron chi connectivity index (χ3n) is 3.43. The van der Waals surface area contributed by atoms with Crippen LogP contribution < -0.4 is 10.2 Å². The molecule has 0 saturated carbocycles. The highest BCUT2D eigenvalue weighted by Crippen LogP contribution is 2.31. The first kappa shape index (κ1) is 11.8. The van der Waals surface area contributed by atoms with Crippen molar-refractivity contribution in [2.24, 2.45) is 0 Å². The SMILES string of the molecule is N#Cc1ccccc1N1CCNCc2ccccc21. The summed E-state index contributed by atoms with van der Waals surface area (Å²) >= 11 is 0. The molecule has 0 spiro atoms. The highest BCUT2D eigenvalue weighted by Gasteiger charge is 2.17. The Morgan fingerprint density at radius 1 is 1.00 bits per heavy atom. The summed E-state index contributed by atoms with van der Waals surface area (Å²) in [5, 5.41) is 12.7. The summed E-state index contributed by atoms with van der Waals surface area (Å²) < 4.78 is 0. The maximum Gasteiger partial charge on any atom is 0.101 e. The molecule has 1 N–H and O–H groups in total. The lowest BCUT2D eigenvalue weighted by Gasteiger charge is -2.25. The minimum absolute atomic E-state index is 0.721.